The molecule has 2 N–H and O–H groups in total. The molecule has 0 saturated heterocycles. The van der Waals surface area contributed by atoms with E-state index >= 15 is 0 Å². The first-order valence-electron chi connectivity index (χ1n) is 11.7. The van der Waals surface area contributed by atoms with Crippen molar-refractivity contribution in [2.75, 3.05) is 4.72 Å². The number of aromatic amines is 1. The van der Waals surface area contributed by atoms with Gasteiger partial charge in [-0.05, 0) is 72.3 Å². The number of H-pyrrole nitrogens is 1. The lowest BCUT2D eigenvalue weighted by molar-refractivity contribution is 0.585. The lowest BCUT2D eigenvalue weighted by Gasteiger charge is -2.14. The quantitative estimate of drug-likeness (QED) is 0.251. The molecule has 188 valence electrons. The molecule has 0 aliphatic rings. The van der Waals surface area contributed by atoms with E-state index in [1.165, 1.54) is 24.3 Å². The molecule has 0 atom stereocenters. The van der Waals surface area contributed by atoms with Crippen LogP contribution in [0.5, 0.6) is 0 Å². The van der Waals surface area contributed by atoms with Gasteiger partial charge < -0.3 is 4.98 Å². The van der Waals surface area contributed by atoms with E-state index < -0.39 is 21.7 Å². The Bertz CT molecular complexity index is 1880. The Morgan fingerprint density at radius 1 is 0.816 bits per heavy atom. The summed E-state index contributed by atoms with van der Waals surface area (Å²) in [7, 11) is -3.92. The molecule has 0 spiro atoms. The Labute approximate surface area is 217 Å². The predicted octanol–water partition coefficient (Wildman–Crippen LogP) is 6.77. The monoisotopic (exact) mass is 526 g/mol. The normalized spacial score (nSPS) is 11.6. The molecule has 6 rings (SSSR count). The smallest absolute Gasteiger partial charge is 0.261 e. The van der Waals surface area contributed by atoms with Crippen LogP contribution in [0.15, 0.2) is 114 Å². The van der Waals surface area contributed by atoms with E-state index in [4.69, 9.17) is 0 Å². The van der Waals surface area contributed by atoms with Gasteiger partial charge in [-0.25, -0.2) is 22.2 Å². The predicted molar refractivity (Wildman–Crippen MR) is 143 cm³/mol. The molecule has 0 aliphatic heterocycles. The van der Waals surface area contributed by atoms with Crippen molar-refractivity contribution in [3.63, 3.8) is 0 Å². The molecule has 4 aromatic carbocycles. The molecule has 0 aliphatic carbocycles. The maximum Gasteiger partial charge on any atom is 0.261 e. The summed E-state index contributed by atoms with van der Waals surface area (Å²) in [5.74, 6) is -1.46. The standard InChI is InChI=1S/C29H20F2N4O2S/c30-21-9-10-25(26(31)16-21)20-13-22(34-38(36,37)24-5-2-1-3-6-24)17-23(14-20)35-18-33-28-15-19(8-11-29(28)35)27-7-4-12-32-27/h1-18,32,34H. The average Bonchev–Trinajstić information content (AvgIpc) is 3.59. The van der Waals surface area contributed by atoms with E-state index in [1.54, 1.807) is 41.2 Å². The molecule has 2 heterocycles. The van der Waals surface area contributed by atoms with Gasteiger partial charge in [0.1, 0.15) is 18.0 Å². The van der Waals surface area contributed by atoms with Gasteiger partial charge in [-0.1, -0.05) is 24.3 Å². The fourth-order valence-corrected chi connectivity index (χ4v) is 5.46. The van der Waals surface area contributed by atoms with Crippen molar-refractivity contribution in [2.45, 2.75) is 4.90 Å². The van der Waals surface area contributed by atoms with Crippen molar-refractivity contribution in [1.29, 1.82) is 0 Å². The number of anilines is 1. The van der Waals surface area contributed by atoms with E-state index in [-0.39, 0.29) is 16.1 Å². The summed E-state index contributed by atoms with van der Waals surface area (Å²) in [5, 5.41) is 0. The number of rotatable bonds is 6. The largest absolute Gasteiger partial charge is 0.361 e. The van der Waals surface area contributed by atoms with Gasteiger partial charge in [0.15, 0.2) is 0 Å². The van der Waals surface area contributed by atoms with Gasteiger partial charge in [0, 0.05) is 34.8 Å². The summed E-state index contributed by atoms with van der Waals surface area (Å²) < 4.78 is 58.9. The number of fused-ring (bicyclic) bond motifs is 1. The van der Waals surface area contributed by atoms with Gasteiger partial charge >= 0.3 is 0 Å². The number of nitrogens with one attached hydrogen (secondary N) is 2. The van der Waals surface area contributed by atoms with Crippen molar-refractivity contribution in [1.82, 2.24) is 14.5 Å². The minimum Gasteiger partial charge on any atom is -0.361 e. The molecule has 0 radical (unpaired) electrons. The second-order valence-corrected chi connectivity index (χ2v) is 10.4. The molecule has 0 amide bonds. The van der Waals surface area contributed by atoms with Crippen LogP contribution in [-0.4, -0.2) is 23.0 Å². The second kappa shape index (κ2) is 9.28. The zero-order valence-corrected chi connectivity index (χ0v) is 20.6. The van der Waals surface area contributed by atoms with E-state index in [1.807, 2.05) is 36.5 Å². The van der Waals surface area contributed by atoms with Crippen LogP contribution in [-0.2, 0) is 10.0 Å². The summed E-state index contributed by atoms with van der Waals surface area (Å²) in [5.41, 5.74) is 4.68. The topological polar surface area (TPSA) is 79.8 Å². The minimum atomic E-state index is -3.92. The Morgan fingerprint density at radius 2 is 1.66 bits per heavy atom. The van der Waals surface area contributed by atoms with E-state index in [0.717, 1.165) is 34.4 Å². The van der Waals surface area contributed by atoms with Gasteiger partial charge in [-0.3, -0.25) is 9.29 Å². The van der Waals surface area contributed by atoms with Crippen molar-refractivity contribution in [2.24, 2.45) is 0 Å². The minimum absolute atomic E-state index is 0.0878. The average molecular weight is 527 g/mol. The number of hydrogen-bond donors (Lipinski definition) is 2. The fraction of sp³-hybridized carbons (Fsp3) is 0. The molecule has 0 bridgehead atoms. The molecule has 0 unspecified atom stereocenters. The highest BCUT2D eigenvalue weighted by Gasteiger charge is 2.17. The van der Waals surface area contributed by atoms with Gasteiger partial charge in [-0.15, -0.1) is 0 Å². The van der Waals surface area contributed by atoms with Gasteiger partial charge in [-0.2, -0.15) is 0 Å². The first-order valence-corrected chi connectivity index (χ1v) is 13.2. The van der Waals surface area contributed by atoms with Crippen molar-refractivity contribution < 1.29 is 17.2 Å². The Kier molecular flexibility index (Phi) is 5.77. The SMILES string of the molecule is O=S(=O)(Nc1cc(-c2ccc(F)cc2F)cc(-n2cnc3cc(-c4ccc[nH]4)ccc32)c1)c1ccccc1. The first-order chi connectivity index (χ1) is 18.4. The molecule has 2 aromatic heterocycles. The highest BCUT2D eigenvalue weighted by molar-refractivity contribution is 7.92. The van der Waals surface area contributed by atoms with Crippen LogP contribution in [0.4, 0.5) is 14.5 Å². The number of halogens is 2. The molecule has 0 saturated carbocycles. The Balaban J connectivity index is 1.49. The molecule has 6 nitrogen and oxygen atoms in total. The summed E-state index contributed by atoms with van der Waals surface area (Å²) in [4.78, 5) is 7.80. The van der Waals surface area contributed by atoms with E-state index in [2.05, 4.69) is 14.7 Å². The maximum absolute atomic E-state index is 14.8. The molecule has 0 fully saturated rings. The van der Waals surface area contributed by atoms with Crippen LogP contribution in [0, 0.1) is 11.6 Å². The summed E-state index contributed by atoms with van der Waals surface area (Å²) in [6.07, 6.45) is 3.47. The third-order valence-corrected chi connectivity index (χ3v) is 7.60. The summed E-state index contributed by atoms with van der Waals surface area (Å²) >= 11 is 0. The van der Waals surface area contributed by atoms with Crippen LogP contribution in [0.3, 0.4) is 0 Å². The third kappa shape index (κ3) is 4.44. The lowest BCUT2D eigenvalue weighted by atomic mass is 10.0. The van der Waals surface area contributed by atoms with E-state index in [9.17, 15) is 17.2 Å². The molecule has 6 aromatic rings. The van der Waals surface area contributed by atoms with Gasteiger partial charge in [0.2, 0.25) is 0 Å². The molecule has 9 heteroatoms. The highest BCUT2D eigenvalue weighted by atomic mass is 32.2. The van der Waals surface area contributed by atoms with Crippen molar-refractivity contribution in [3.05, 3.63) is 121 Å². The summed E-state index contributed by atoms with van der Waals surface area (Å²) in [6.45, 7) is 0. The molecular weight excluding hydrogens is 506 g/mol. The van der Waals surface area contributed by atoms with Gasteiger partial charge in [0.25, 0.3) is 10.0 Å². The highest BCUT2D eigenvalue weighted by Crippen LogP contribution is 2.32. The number of benzene rings is 4. The number of aromatic nitrogens is 3. The lowest BCUT2D eigenvalue weighted by Crippen LogP contribution is -2.13. The second-order valence-electron chi connectivity index (χ2n) is 8.71. The van der Waals surface area contributed by atoms with Gasteiger partial charge in [0.05, 0.1) is 21.6 Å². The van der Waals surface area contributed by atoms with Crippen LogP contribution in [0.1, 0.15) is 0 Å². The zero-order valence-electron chi connectivity index (χ0n) is 19.8. The number of sulfonamides is 1. The number of nitrogens with zero attached hydrogens (tertiary/aromatic N) is 2. The summed E-state index contributed by atoms with van der Waals surface area (Å²) in [6, 6.07) is 25.8. The zero-order chi connectivity index (χ0) is 26.3. The van der Waals surface area contributed by atoms with Crippen molar-refractivity contribution in [3.8, 4) is 28.1 Å². The number of hydrogen-bond acceptors (Lipinski definition) is 3. The van der Waals surface area contributed by atoms with Crippen LogP contribution >= 0.6 is 0 Å². The molecule has 38 heavy (non-hydrogen) atoms. The Morgan fingerprint density at radius 3 is 2.42 bits per heavy atom. The number of imidazole rings is 1. The Hall–Kier alpha value is -4.76. The molecular formula is C29H20F2N4O2S. The van der Waals surface area contributed by atoms with Crippen LogP contribution in [0.25, 0.3) is 39.1 Å². The first kappa shape index (κ1) is 23.6. The van der Waals surface area contributed by atoms with E-state index in [0.29, 0.717) is 11.3 Å². The fourth-order valence-electron chi connectivity index (χ4n) is 4.40. The van der Waals surface area contributed by atoms with Crippen LogP contribution in [0.2, 0.25) is 0 Å². The van der Waals surface area contributed by atoms with Crippen LogP contribution < -0.4 is 4.72 Å². The van der Waals surface area contributed by atoms with Crippen molar-refractivity contribution >= 4 is 26.7 Å². The maximum atomic E-state index is 14.8. The third-order valence-electron chi connectivity index (χ3n) is 6.20.